The molecule has 2 atom stereocenters. The van der Waals surface area contributed by atoms with E-state index in [9.17, 15) is 0 Å². The van der Waals surface area contributed by atoms with Gasteiger partial charge in [0.05, 0.1) is 12.2 Å². The van der Waals surface area contributed by atoms with Gasteiger partial charge in [0.15, 0.2) is 0 Å². The summed E-state index contributed by atoms with van der Waals surface area (Å²) in [4.78, 5) is 0. The third-order valence-electron chi connectivity index (χ3n) is 9.08. The molecule has 1 rings (SSSR count). The Labute approximate surface area is 270 Å². The Morgan fingerprint density at radius 1 is 0.395 bits per heavy atom. The molecule has 3 nitrogen and oxygen atoms in total. The lowest BCUT2D eigenvalue weighted by molar-refractivity contribution is -0.0481. The van der Waals surface area contributed by atoms with Crippen LogP contribution in [0.2, 0.25) is 0 Å². The Balaban J connectivity index is 1.83. The third-order valence-corrected chi connectivity index (χ3v) is 9.08. The second-order valence-corrected chi connectivity index (χ2v) is 13.4. The molecule has 1 fully saturated rings. The highest BCUT2D eigenvalue weighted by Crippen LogP contribution is 2.14. The lowest BCUT2D eigenvalue weighted by Crippen LogP contribution is -2.30. The molecule has 1 heterocycles. The van der Waals surface area contributed by atoms with E-state index < -0.39 is 0 Å². The van der Waals surface area contributed by atoms with Gasteiger partial charge in [0.1, 0.15) is 0 Å². The van der Waals surface area contributed by atoms with Gasteiger partial charge in [-0.15, -0.1) is 0 Å². The lowest BCUT2D eigenvalue weighted by atomic mass is 10.1. The van der Waals surface area contributed by atoms with E-state index in [4.69, 9.17) is 9.47 Å². The number of nitrogens with one attached hydrogen (secondary N) is 1. The van der Waals surface area contributed by atoms with Crippen molar-refractivity contribution in [1.82, 2.24) is 5.32 Å². The molecule has 0 aromatic heterocycles. The van der Waals surface area contributed by atoms with E-state index in [1.165, 1.54) is 180 Å². The first-order valence-corrected chi connectivity index (χ1v) is 19.6. The van der Waals surface area contributed by atoms with Gasteiger partial charge in [-0.05, 0) is 64.2 Å². The van der Waals surface area contributed by atoms with Gasteiger partial charge >= 0.3 is 0 Å². The molecule has 0 saturated carbocycles. The molecule has 1 aliphatic heterocycles. The molecule has 254 valence electrons. The highest BCUT2D eigenvalue weighted by molar-refractivity contribution is 4.84. The van der Waals surface area contributed by atoms with E-state index in [-0.39, 0.29) is 12.2 Å². The van der Waals surface area contributed by atoms with Crippen LogP contribution in [-0.4, -0.2) is 38.5 Å². The summed E-state index contributed by atoms with van der Waals surface area (Å²) < 4.78 is 12.4. The van der Waals surface area contributed by atoms with Gasteiger partial charge in [-0.25, -0.2) is 0 Å². The van der Waals surface area contributed by atoms with E-state index in [0.29, 0.717) is 0 Å². The molecule has 1 N–H and O–H groups in total. The molecule has 0 amide bonds. The standard InChI is InChI=1S/C40H77NO2/c1-3-5-7-9-11-13-15-17-19-21-23-25-27-29-31-33-35-42-39-37-41-38-40(39)43-36-34-32-30-28-26-24-22-20-18-16-14-12-10-8-6-4-2/h23-26,39-41H,3-22,27-38H2,1-2H3. The Morgan fingerprint density at radius 2 is 0.674 bits per heavy atom. The van der Waals surface area contributed by atoms with Crippen LogP contribution in [-0.2, 0) is 9.47 Å². The number of ether oxygens (including phenoxy) is 2. The molecule has 0 radical (unpaired) electrons. The van der Waals surface area contributed by atoms with E-state index in [1.54, 1.807) is 0 Å². The fraction of sp³-hybridized carbons (Fsp3) is 0.900. The largest absolute Gasteiger partial charge is 0.374 e. The minimum atomic E-state index is 0.236. The van der Waals surface area contributed by atoms with Crippen molar-refractivity contribution in [2.24, 2.45) is 0 Å². The molecule has 0 aromatic rings. The van der Waals surface area contributed by atoms with Crippen LogP contribution in [0.1, 0.15) is 194 Å². The van der Waals surface area contributed by atoms with E-state index in [0.717, 1.165) is 26.3 Å². The summed E-state index contributed by atoms with van der Waals surface area (Å²) in [6.07, 6.45) is 48.1. The minimum Gasteiger partial charge on any atom is -0.374 e. The molecule has 0 bridgehead atoms. The summed E-state index contributed by atoms with van der Waals surface area (Å²) in [6, 6.07) is 0. The summed E-state index contributed by atoms with van der Waals surface area (Å²) in [5.41, 5.74) is 0. The van der Waals surface area contributed by atoms with Crippen LogP contribution in [0.25, 0.3) is 0 Å². The van der Waals surface area contributed by atoms with Crippen molar-refractivity contribution < 1.29 is 9.47 Å². The van der Waals surface area contributed by atoms with Crippen LogP contribution in [0.3, 0.4) is 0 Å². The Morgan fingerprint density at radius 3 is 1.00 bits per heavy atom. The monoisotopic (exact) mass is 604 g/mol. The first kappa shape index (κ1) is 40.4. The maximum absolute atomic E-state index is 6.20. The van der Waals surface area contributed by atoms with Crippen LogP contribution in [0.5, 0.6) is 0 Å². The quantitative estimate of drug-likeness (QED) is 0.0586. The number of hydrogen-bond acceptors (Lipinski definition) is 3. The summed E-state index contributed by atoms with van der Waals surface area (Å²) in [6.45, 7) is 8.22. The van der Waals surface area contributed by atoms with Gasteiger partial charge < -0.3 is 14.8 Å². The summed E-state index contributed by atoms with van der Waals surface area (Å²) in [7, 11) is 0. The first-order chi connectivity index (χ1) is 21.4. The second kappa shape index (κ2) is 34.2. The van der Waals surface area contributed by atoms with Gasteiger partial charge in [-0.3, -0.25) is 0 Å². The van der Waals surface area contributed by atoms with Crippen molar-refractivity contribution >= 4 is 0 Å². The van der Waals surface area contributed by atoms with Gasteiger partial charge in [0.2, 0.25) is 0 Å². The number of allylic oxidation sites excluding steroid dienone is 4. The summed E-state index contributed by atoms with van der Waals surface area (Å²) in [5.74, 6) is 0. The van der Waals surface area contributed by atoms with Crippen molar-refractivity contribution in [2.75, 3.05) is 26.3 Å². The minimum absolute atomic E-state index is 0.236. The van der Waals surface area contributed by atoms with E-state index in [2.05, 4.69) is 43.5 Å². The normalized spacial score (nSPS) is 17.3. The third kappa shape index (κ3) is 28.6. The van der Waals surface area contributed by atoms with Crippen LogP contribution < -0.4 is 5.32 Å². The van der Waals surface area contributed by atoms with Crippen molar-refractivity contribution in [3.05, 3.63) is 24.3 Å². The van der Waals surface area contributed by atoms with E-state index >= 15 is 0 Å². The molecule has 1 saturated heterocycles. The zero-order valence-electron chi connectivity index (χ0n) is 29.4. The smallest absolute Gasteiger partial charge is 0.0973 e. The molecule has 1 aliphatic rings. The van der Waals surface area contributed by atoms with Crippen molar-refractivity contribution in [2.45, 2.75) is 206 Å². The number of rotatable bonds is 34. The van der Waals surface area contributed by atoms with Crippen LogP contribution >= 0.6 is 0 Å². The van der Waals surface area contributed by atoms with E-state index in [1.807, 2.05) is 0 Å². The van der Waals surface area contributed by atoms with Crippen LogP contribution in [0.15, 0.2) is 24.3 Å². The SMILES string of the molecule is CCCCCCCCCCCC=CCCCCCOC1CNCC1OCCCCCC=CCCCCCCCCCCC. The maximum atomic E-state index is 6.20. The lowest BCUT2D eigenvalue weighted by Gasteiger charge is -2.19. The topological polar surface area (TPSA) is 30.5 Å². The fourth-order valence-electron chi connectivity index (χ4n) is 6.13. The number of hydrogen-bond donors (Lipinski definition) is 1. The Bertz CT molecular complexity index is 539. The Kier molecular flexibility index (Phi) is 32.2. The second-order valence-electron chi connectivity index (χ2n) is 13.4. The predicted octanol–water partition coefficient (Wildman–Crippen LogP) is 12.4. The highest BCUT2D eigenvalue weighted by Gasteiger charge is 2.28. The molecular weight excluding hydrogens is 526 g/mol. The summed E-state index contributed by atoms with van der Waals surface area (Å²) >= 11 is 0. The van der Waals surface area contributed by atoms with Crippen molar-refractivity contribution in [3.63, 3.8) is 0 Å². The van der Waals surface area contributed by atoms with Crippen LogP contribution in [0.4, 0.5) is 0 Å². The van der Waals surface area contributed by atoms with Gasteiger partial charge in [0, 0.05) is 26.3 Å². The molecule has 0 aliphatic carbocycles. The Hall–Kier alpha value is -0.640. The molecule has 43 heavy (non-hydrogen) atoms. The van der Waals surface area contributed by atoms with Gasteiger partial charge in [0.25, 0.3) is 0 Å². The van der Waals surface area contributed by atoms with Crippen molar-refractivity contribution in [3.8, 4) is 0 Å². The van der Waals surface area contributed by atoms with Crippen LogP contribution in [0, 0.1) is 0 Å². The van der Waals surface area contributed by atoms with Gasteiger partial charge in [-0.1, -0.05) is 154 Å². The molecule has 0 aromatic carbocycles. The number of unbranched alkanes of at least 4 members (excludes halogenated alkanes) is 24. The molecule has 0 spiro atoms. The van der Waals surface area contributed by atoms with Crippen molar-refractivity contribution in [1.29, 1.82) is 0 Å². The zero-order valence-corrected chi connectivity index (χ0v) is 29.4. The average Bonchev–Trinajstić information content (AvgIpc) is 3.47. The van der Waals surface area contributed by atoms with Gasteiger partial charge in [-0.2, -0.15) is 0 Å². The first-order valence-electron chi connectivity index (χ1n) is 19.6. The fourth-order valence-corrected chi connectivity index (χ4v) is 6.13. The molecular formula is C40H77NO2. The maximum Gasteiger partial charge on any atom is 0.0973 e. The molecule has 3 heteroatoms. The zero-order chi connectivity index (χ0) is 30.7. The predicted molar refractivity (Wildman–Crippen MR) is 191 cm³/mol. The summed E-state index contributed by atoms with van der Waals surface area (Å²) in [5, 5.41) is 3.47. The average molecular weight is 604 g/mol. The highest BCUT2D eigenvalue weighted by atomic mass is 16.5. The molecule has 2 unspecified atom stereocenters.